The first kappa shape index (κ1) is 20.9. The van der Waals surface area contributed by atoms with Crippen molar-refractivity contribution in [1.82, 2.24) is 10.2 Å². The first-order chi connectivity index (χ1) is 12.2. The van der Waals surface area contributed by atoms with Crippen LogP contribution in [0, 0.1) is 16.7 Å². The summed E-state index contributed by atoms with van der Waals surface area (Å²) in [6, 6.07) is -0.0125. The third kappa shape index (κ3) is 6.40. The maximum Gasteiger partial charge on any atom is 0.317 e. The van der Waals surface area contributed by atoms with Crippen molar-refractivity contribution in [3.63, 3.8) is 0 Å². The van der Waals surface area contributed by atoms with Gasteiger partial charge in [-0.25, -0.2) is 14.6 Å². The van der Waals surface area contributed by atoms with Crippen molar-refractivity contribution >= 4 is 12.1 Å². The van der Waals surface area contributed by atoms with Crippen LogP contribution in [-0.4, -0.2) is 56.4 Å². The molecule has 2 amide bonds. The van der Waals surface area contributed by atoms with Gasteiger partial charge in [-0.05, 0) is 55.3 Å². The number of carbonyl (C=O) groups excluding carboxylic acids is 2. The van der Waals surface area contributed by atoms with Crippen molar-refractivity contribution in [1.29, 1.82) is 0 Å². The van der Waals surface area contributed by atoms with Gasteiger partial charge in [-0.3, -0.25) is 0 Å². The van der Waals surface area contributed by atoms with Crippen LogP contribution in [0.25, 0.3) is 0 Å². The van der Waals surface area contributed by atoms with Gasteiger partial charge in [-0.2, -0.15) is 0 Å². The number of nitrogens with one attached hydrogen (secondary N) is 1. The van der Waals surface area contributed by atoms with Crippen LogP contribution < -0.4 is 5.32 Å². The second-order valence-electron chi connectivity index (χ2n) is 9.36. The highest BCUT2D eigenvalue weighted by atomic mass is 16.5. The standard InChI is InChI=1S/C20H35N3O3/c1-19(2)11-17(22-15-24)12-20(3,13-19)14-21-18(25)23(4)8-5-16-6-9-26-10-7-16/h16-17H,5-14H2,1-4H3,(H,21,25). The molecule has 0 radical (unpaired) electrons. The average Bonchev–Trinajstić information content (AvgIpc) is 2.57. The molecule has 2 aliphatic rings. The van der Waals surface area contributed by atoms with E-state index in [1.54, 1.807) is 11.0 Å². The minimum absolute atomic E-state index is 0.00408. The summed E-state index contributed by atoms with van der Waals surface area (Å²) in [5, 5.41) is 3.10. The van der Waals surface area contributed by atoms with Gasteiger partial charge in [0.25, 0.3) is 0 Å². The molecule has 2 rings (SSSR count). The molecule has 1 aliphatic heterocycles. The van der Waals surface area contributed by atoms with Gasteiger partial charge in [0.05, 0.1) is 6.04 Å². The van der Waals surface area contributed by atoms with Crippen LogP contribution in [-0.2, 0) is 9.53 Å². The molecular weight excluding hydrogens is 330 g/mol. The molecule has 0 aromatic rings. The van der Waals surface area contributed by atoms with Crippen LogP contribution in [0.2, 0.25) is 0 Å². The molecular formula is C20H35N3O3. The zero-order valence-electron chi connectivity index (χ0n) is 16.8. The molecule has 148 valence electrons. The molecule has 0 bridgehead atoms. The molecule has 2 unspecified atom stereocenters. The van der Waals surface area contributed by atoms with Crippen LogP contribution in [0.3, 0.4) is 0 Å². The van der Waals surface area contributed by atoms with E-state index >= 15 is 0 Å². The fourth-order valence-corrected chi connectivity index (χ4v) is 4.82. The Morgan fingerprint density at radius 3 is 2.62 bits per heavy atom. The number of amides is 2. The van der Waals surface area contributed by atoms with Gasteiger partial charge < -0.3 is 15.0 Å². The minimum atomic E-state index is -0.0516. The van der Waals surface area contributed by atoms with Gasteiger partial charge in [0.2, 0.25) is 6.08 Å². The third-order valence-corrected chi connectivity index (χ3v) is 5.88. The second-order valence-corrected chi connectivity index (χ2v) is 9.36. The predicted octanol–water partition coefficient (Wildman–Crippen LogP) is 3.37. The summed E-state index contributed by atoms with van der Waals surface area (Å²) in [5.41, 5.74) is 0.0572. The highest BCUT2D eigenvalue weighted by Crippen LogP contribution is 2.46. The van der Waals surface area contributed by atoms with Crippen molar-refractivity contribution in [3.8, 4) is 0 Å². The Morgan fingerprint density at radius 2 is 1.96 bits per heavy atom. The topological polar surface area (TPSA) is 71.0 Å². The molecule has 0 aromatic heterocycles. The first-order valence-corrected chi connectivity index (χ1v) is 9.87. The molecule has 1 aliphatic carbocycles. The minimum Gasteiger partial charge on any atom is -0.381 e. The lowest BCUT2D eigenvalue weighted by Gasteiger charge is -2.45. The molecule has 6 nitrogen and oxygen atoms in total. The van der Waals surface area contributed by atoms with Crippen molar-refractivity contribution in [2.24, 2.45) is 21.7 Å². The van der Waals surface area contributed by atoms with Gasteiger partial charge in [0.1, 0.15) is 0 Å². The Labute approximate surface area is 157 Å². The maximum atomic E-state index is 12.5. The van der Waals surface area contributed by atoms with Gasteiger partial charge >= 0.3 is 6.03 Å². The summed E-state index contributed by atoms with van der Waals surface area (Å²) in [6.45, 7) is 9.68. The molecule has 1 heterocycles. The Kier molecular flexibility index (Phi) is 7.24. The van der Waals surface area contributed by atoms with Crippen LogP contribution in [0.4, 0.5) is 4.79 Å². The molecule has 2 atom stereocenters. The number of isocyanates is 1. The summed E-state index contributed by atoms with van der Waals surface area (Å²) in [4.78, 5) is 28.9. The Hall–Kier alpha value is -1.39. The summed E-state index contributed by atoms with van der Waals surface area (Å²) in [5.74, 6) is 0.664. The SMILES string of the molecule is CN(CCC1CCOCC1)C(=O)NCC1(C)CC(N=C=O)CC(C)(C)C1. The first-order valence-electron chi connectivity index (χ1n) is 9.87. The van der Waals surface area contributed by atoms with Crippen LogP contribution in [0.5, 0.6) is 0 Å². The number of hydrogen-bond acceptors (Lipinski definition) is 4. The van der Waals surface area contributed by atoms with Crippen molar-refractivity contribution < 1.29 is 14.3 Å². The van der Waals surface area contributed by atoms with E-state index < -0.39 is 0 Å². The summed E-state index contributed by atoms with van der Waals surface area (Å²) in [6.07, 6.45) is 7.67. The van der Waals surface area contributed by atoms with Crippen molar-refractivity contribution in [2.75, 3.05) is 33.4 Å². The number of hydrogen-bond donors (Lipinski definition) is 1. The van der Waals surface area contributed by atoms with Crippen molar-refractivity contribution in [2.45, 2.75) is 65.3 Å². The lowest BCUT2D eigenvalue weighted by molar-refractivity contribution is 0.0615. The molecule has 2 fully saturated rings. The summed E-state index contributed by atoms with van der Waals surface area (Å²) in [7, 11) is 1.86. The number of carbonyl (C=O) groups is 1. The maximum absolute atomic E-state index is 12.5. The van der Waals surface area contributed by atoms with E-state index in [0.29, 0.717) is 12.5 Å². The average molecular weight is 366 g/mol. The Morgan fingerprint density at radius 1 is 1.27 bits per heavy atom. The lowest BCUT2D eigenvalue weighted by atomic mass is 9.63. The van der Waals surface area contributed by atoms with Crippen LogP contribution >= 0.6 is 0 Å². The fraction of sp³-hybridized carbons (Fsp3) is 0.900. The van der Waals surface area contributed by atoms with Crippen LogP contribution in [0.15, 0.2) is 4.99 Å². The van der Waals surface area contributed by atoms with E-state index in [4.69, 9.17) is 4.74 Å². The van der Waals surface area contributed by atoms with Gasteiger partial charge in [0, 0.05) is 33.4 Å². The second kappa shape index (κ2) is 9.01. The monoisotopic (exact) mass is 365 g/mol. The molecule has 1 saturated carbocycles. The highest BCUT2D eigenvalue weighted by Gasteiger charge is 2.41. The van der Waals surface area contributed by atoms with Crippen LogP contribution in [0.1, 0.15) is 59.3 Å². The highest BCUT2D eigenvalue weighted by molar-refractivity contribution is 5.73. The number of ether oxygens (including phenoxy) is 1. The van der Waals surface area contributed by atoms with Gasteiger partial charge in [-0.15, -0.1) is 0 Å². The molecule has 0 spiro atoms. The lowest BCUT2D eigenvalue weighted by Crippen LogP contribution is -2.47. The number of nitrogens with zero attached hydrogens (tertiary/aromatic N) is 2. The molecule has 1 saturated heterocycles. The van der Waals surface area contributed by atoms with E-state index in [0.717, 1.165) is 58.3 Å². The number of aliphatic imine (C=N–C) groups is 1. The largest absolute Gasteiger partial charge is 0.381 e. The third-order valence-electron chi connectivity index (χ3n) is 5.88. The quantitative estimate of drug-likeness (QED) is 0.579. The van der Waals surface area contributed by atoms with E-state index in [1.165, 1.54) is 0 Å². The molecule has 0 aromatic carbocycles. The van der Waals surface area contributed by atoms with E-state index in [9.17, 15) is 9.59 Å². The summed E-state index contributed by atoms with van der Waals surface area (Å²) >= 11 is 0. The Balaban J connectivity index is 1.81. The zero-order valence-corrected chi connectivity index (χ0v) is 16.8. The van der Waals surface area contributed by atoms with E-state index in [2.05, 4.69) is 31.1 Å². The Bertz CT molecular complexity index is 524. The van der Waals surface area contributed by atoms with Gasteiger partial charge in [0.15, 0.2) is 0 Å². The van der Waals surface area contributed by atoms with E-state index in [1.807, 2.05) is 7.05 Å². The van der Waals surface area contributed by atoms with Crippen molar-refractivity contribution in [3.05, 3.63) is 0 Å². The zero-order chi connectivity index (χ0) is 19.2. The smallest absolute Gasteiger partial charge is 0.317 e. The fourth-order valence-electron chi connectivity index (χ4n) is 4.82. The number of urea groups is 1. The predicted molar refractivity (Wildman–Crippen MR) is 102 cm³/mol. The molecule has 1 N–H and O–H groups in total. The molecule has 26 heavy (non-hydrogen) atoms. The molecule has 6 heteroatoms. The van der Waals surface area contributed by atoms with Gasteiger partial charge in [-0.1, -0.05) is 20.8 Å². The number of rotatable bonds is 6. The van der Waals surface area contributed by atoms with E-state index in [-0.39, 0.29) is 22.9 Å². The summed E-state index contributed by atoms with van der Waals surface area (Å²) < 4.78 is 5.39. The normalized spacial score (nSPS) is 28.8.